The summed E-state index contributed by atoms with van der Waals surface area (Å²) in [6, 6.07) is 1.43. The molecule has 4 N–H and O–H groups in total. The summed E-state index contributed by atoms with van der Waals surface area (Å²) >= 11 is 11.7. The fourth-order valence-corrected chi connectivity index (χ4v) is 4.35. The van der Waals surface area contributed by atoms with Crippen LogP contribution in [0.2, 0.25) is 10.0 Å². The van der Waals surface area contributed by atoms with Gasteiger partial charge in [-0.1, -0.05) is 23.2 Å². The molecule has 1 saturated heterocycles. The monoisotopic (exact) mass is 351 g/mol. The van der Waals surface area contributed by atoms with Gasteiger partial charge in [0.15, 0.2) is 0 Å². The van der Waals surface area contributed by atoms with E-state index in [1.54, 1.807) is 0 Å². The molecule has 0 bridgehead atoms. The van der Waals surface area contributed by atoms with Gasteiger partial charge >= 0.3 is 0 Å². The Balaban J connectivity index is 2.31. The van der Waals surface area contributed by atoms with Crippen LogP contribution < -0.4 is 15.8 Å². The van der Waals surface area contributed by atoms with Crippen molar-refractivity contribution in [2.45, 2.75) is 23.8 Å². The van der Waals surface area contributed by atoms with Gasteiger partial charge in [0, 0.05) is 12.1 Å². The fraction of sp³-hybridized carbons (Fsp3) is 0.273. The van der Waals surface area contributed by atoms with E-state index in [4.69, 9.17) is 28.9 Å². The summed E-state index contributed by atoms with van der Waals surface area (Å²) in [7, 11) is -4.13. The van der Waals surface area contributed by atoms with Gasteiger partial charge in [0.1, 0.15) is 10.9 Å². The molecular formula is C11H11Cl2N3O4S. The van der Waals surface area contributed by atoms with Gasteiger partial charge in [0.25, 0.3) is 0 Å². The van der Waals surface area contributed by atoms with Gasteiger partial charge in [-0.05, 0) is 18.6 Å². The molecule has 1 unspecified atom stereocenters. The molecule has 10 heteroatoms. The maximum atomic E-state index is 12.3. The highest BCUT2D eigenvalue weighted by Crippen LogP contribution is 2.32. The molecule has 0 aliphatic carbocycles. The van der Waals surface area contributed by atoms with E-state index in [-0.39, 0.29) is 33.5 Å². The Kier molecular flexibility index (Phi) is 4.43. The summed E-state index contributed by atoms with van der Waals surface area (Å²) in [4.78, 5) is 22.3. The summed E-state index contributed by atoms with van der Waals surface area (Å²) < 4.78 is 26.8. The van der Waals surface area contributed by atoms with Crippen molar-refractivity contribution in [3.8, 4) is 0 Å². The average molecular weight is 352 g/mol. The Labute approximate surface area is 130 Å². The van der Waals surface area contributed by atoms with E-state index in [0.717, 1.165) is 0 Å². The van der Waals surface area contributed by atoms with Crippen LogP contribution in [0.1, 0.15) is 12.8 Å². The number of hydrogen-bond acceptors (Lipinski definition) is 5. The third-order valence-electron chi connectivity index (χ3n) is 2.83. The van der Waals surface area contributed by atoms with Crippen molar-refractivity contribution in [1.29, 1.82) is 0 Å². The standard InChI is InChI=1S/C11H11Cl2N3O4S/c12-6-3-5(14)4-7(13)10(6)21(19,20)16-8-1-2-9(17)15-11(8)18/h3-4,8,16H,1-2,14H2,(H,15,17,18). The number of carbonyl (C=O) groups excluding carboxylic acids is 2. The van der Waals surface area contributed by atoms with Gasteiger partial charge < -0.3 is 5.73 Å². The zero-order chi connectivity index (χ0) is 15.8. The highest BCUT2D eigenvalue weighted by Gasteiger charge is 2.32. The van der Waals surface area contributed by atoms with Gasteiger partial charge in [-0.15, -0.1) is 0 Å². The van der Waals surface area contributed by atoms with E-state index in [1.807, 2.05) is 0 Å². The summed E-state index contributed by atoms with van der Waals surface area (Å²) in [5.74, 6) is -1.16. The molecule has 0 aromatic heterocycles. The van der Waals surface area contributed by atoms with Crippen molar-refractivity contribution < 1.29 is 18.0 Å². The predicted octanol–water partition coefficient (Wildman–Crippen LogP) is 0.659. The van der Waals surface area contributed by atoms with Crippen molar-refractivity contribution in [1.82, 2.24) is 10.0 Å². The van der Waals surface area contributed by atoms with Crippen LogP contribution in [0.25, 0.3) is 0 Å². The van der Waals surface area contributed by atoms with Crippen LogP contribution in [-0.2, 0) is 19.6 Å². The Bertz CT molecular complexity index is 697. The smallest absolute Gasteiger partial charge is 0.244 e. The first-order valence-electron chi connectivity index (χ1n) is 5.81. The molecule has 0 saturated carbocycles. The van der Waals surface area contributed by atoms with Crippen molar-refractivity contribution >= 4 is 50.7 Å². The number of sulfonamides is 1. The summed E-state index contributed by atoms with van der Waals surface area (Å²) in [5, 5.41) is 1.75. The largest absolute Gasteiger partial charge is 0.399 e. The number of benzene rings is 1. The lowest BCUT2D eigenvalue weighted by atomic mass is 10.1. The van der Waals surface area contributed by atoms with Crippen LogP contribution in [0.5, 0.6) is 0 Å². The number of amides is 2. The summed E-state index contributed by atoms with van der Waals surface area (Å²) in [6.45, 7) is 0. The number of nitrogen functional groups attached to an aromatic ring is 1. The summed E-state index contributed by atoms with van der Waals surface area (Å²) in [5.41, 5.74) is 5.72. The van der Waals surface area contributed by atoms with Crippen LogP contribution in [0.4, 0.5) is 5.69 Å². The zero-order valence-electron chi connectivity index (χ0n) is 10.5. The third-order valence-corrected chi connectivity index (χ3v) is 5.22. The molecule has 114 valence electrons. The molecule has 1 aliphatic heterocycles. The lowest BCUT2D eigenvalue weighted by molar-refractivity contribution is -0.134. The predicted molar refractivity (Wildman–Crippen MR) is 77.4 cm³/mol. The Morgan fingerprint density at radius 3 is 2.33 bits per heavy atom. The topological polar surface area (TPSA) is 118 Å². The lowest BCUT2D eigenvalue weighted by Gasteiger charge is -2.22. The van der Waals surface area contributed by atoms with Crippen molar-refractivity contribution in [3.05, 3.63) is 22.2 Å². The molecule has 2 amide bonds. The van der Waals surface area contributed by atoms with Gasteiger partial charge in [0.05, 0.1) is 10.0 Å². The average Bonchev–Trinajstić information content (AvgIpc) is 2.30. The number of hydrogen-bond donors (Lipinski definition) is 3. The maximum Gasteiger partial charge on any atom is 0.244 e. The van der Waals surface area contributed by atoms with E-state index >= 15 is 0 Å². The molecule has 1 aromatic carbocycles. The second-order valence-corrected chi connectivity index (χ2v) is 6.90. The highest BCUT2D eigenvalue weighted by molar-refractivity contribution is 7.89. The third kappa shape index (κ3) is 3.46. The van der Waals surface area contributed by atoms with Crippen molar-refractivity contribution in [3.63, 3.8) is 0 Å². The van der Waals surface area contributed by atoms with Crippen LogP contribution in [0.3, 0.4) is 0 Å². The fourth-order valence-electron chi connectivity index (χ4n) is 1.89. The van der Waals surface area contributed by atoms with Gasteiger partial charge in [-0.2, -0.15) is 4.72 Å². The molecule has 7 nitrogen and oxygen atoms in total. The van der Waals surface area contributed by atoms with Crippen LogP contribution >= 0.6 is 23.2 Å². The van der Waals surface area contributed by atoms with Crippen LogP contribution in [0.15, 0.2) is 17.0 Å². The number of halogens is 2. The van der Waals surface area contributed by atoms with E-state index < -0.39 is 27.9 Å². The van der Waals surface area contributed by atoms with E-state index in [9.17, 15) is 18.0 Å². The molecule has 1 atom stereocenters. The van der Waals surface area contributed by atoms with E-state index in [0.29, 0.717) is 0 Å². The SMILES string of the molecule is Nc1cc(Cl)c(S(=O)(=O)NC2CCC(=O)NC2=O)c(Cl)c1. The molecule has 1 aromatic rings. The minimum absolute atomic E-state index is 0.0438. The van der Waals surface area contributed by atoms with Gasteiger partial charge in [0.2, 0.25) is 21.8 Å². The number of nitrogens with two attached hydrogens (primary N) is 1. The molecule has 1 aliphatic rings. The first kappa shape index (κ1) is 16.0. The number of imide groups is 1. The molecule has 2 rings (SSSR count). The second-order valence-electron chi connectivity index (χ2n) is 4.44. The number of rotatable bonds is 3. The second kappa shape index (κ2) is 5.80. The Morgan fingerprint density at radius 2 is 1.81 bits per heavy atom. The zero-order valence-corrected chi connectivity index (χ0v) is 12.8. The quantitative estimate of drug-likeness (QED) is 0.546. The first-order valence-corrected chi connectivity index (χ1v) is 8.05. The van der Waals surface area contributed by atoms with Crippen molar-refractivity contribution in [2.75, 3.05) is 5.73 Å². The first-order chi connectivity index (χ1) is 9.70. The molecular weight excluding hydrogens is 341 g/mol. The van der Waals surface area contributed by atoms with Crippen molar-refractivity contribution in [2.24, 2.45) is 0 Å². The number of carbonyl (C=O) groups is 2. The number of piperidine rings is 1. The van der Waals surface area contributed by atoms with Gasteiger partial charge in [-0.25, -0.2) is 8.42 Å². The van der Waals surface area contributed by atoms with Crippen LogP contribution in [-0.4, -0.2) is 26.3 Å². The highest BCUT2D eigenvalue weighted by atomic mass is 35.5. The molecule has 0 radical (unpaired) electrons. The lowest BCUT2D eigenvalue weighted by Crippen LogP contribution is -2.52. The molecule has 1 heterocycles. The van der Waals surface area contributed by atoms with E-state index in [2.05, 4.69) is 10.0 Å². The summed E-state index contributed by atoms with van der Waals surface area (Å²) in [6.07, 6.45) is 0.107. The Hall–Kier alpha value is -1.35. The van der Waals surface area contributed by atoms with Gasteiger partial charge in [-0.3, -0.25) is 14.9 Å². The normalized spacial score (nSPS) is 19.4. The Morgan fingerprint density at radius 1 is 1.24 bits per heavy atom. The maximum absolute atomic E-state index is 12.3. The molecule has 1 fully saturated rings. The number of nitrogens with one attached hydrogen (secondary N) is 2. The minimum atomic E-state index is -4.13. The molecule has 21 heavy (non-hydrogen) atoms. The van der Waals surface area contributed by atoms with E-state index in [1.165, 1.54) is 12.1 Å². The van der Waals surface area contributed by atoms with Crippen LogP contribution in [0, 0.1) is 0 Å². The number of anilines is 1. The molecule has 0 spiro atoms. The minimum Gasteiger partial charge on any atom is -0.399 e.